The summed E-state index contributed by atoms with van der Waals surface area (Å²) in [5, 5.41) is 2.74. The fourth-order valence-electron chi connectivity index (χ4n) is 0.646. The van der Waals surface area contributed by atoms with Crippen LogP contribution in [0.2, 0.25) is 0 Å². The van der Waals surface area contributed by atoms with E-state index in [9.17, 15) is 0 Å². The van der Waals surface area contributed by atoms with Gasteiger partial charge < -0.3 is 11.5 Å². The van der Waals surface area contributed by atoms with E-state index in [-0.39, 0.29) is 6.04 Å². The number of nitrogens with two attached hydrogens (primary N) is 2. The van der Waals surface area contributed by atoms with Crippen LogP contribution in [0.1, 0.15) is 24.4 Å². The molecule has 0 saturated heterocycles. The van der Waals surface area contributed by atoms with Gasteiger partial charge in [0.05, 0.1) is 6.04 Å². The zero-order chi connectivity index (χ0) is 7.56. The van der Waals surface area contributed by atoms with Crippen molar-refractivity contribution in [1.29, 1.82) is 0 Å². The maximum atomic E-state index is 5.70. The molecule has 0 aromatic carbocycles. The average molecular weight is 157 g/mol. The van der Waals surface area contributed by atoms with Gasteiger partial charge in [-0.1, -0.05) is 6.92 Å². The summed E-state index contributed by atoms with van der Waals surface area (Å²) >= 11 is 1.52. The van der Waals surface area contributed by atoms with E-state index in [1.807, 2.05) is 12.3 Å². The molecule has 3 nitrogen and oxygen atoms in total. The molecule has 0 aliphatic heterocycles. The van der Waals surface area contributed by atoms with Crippen LogP contribution in [0.5, 0.6) is 0 Å². The number of hydrogen-bond donors (Lipinski definition) is 2. The van der Waals surface area contributed by atoms with E-state index >= 15 is 0 Å². The number of anilines is 1. The quantitative estimate of drug-likeness (QED) is 0.676. The van der Waals surface area contributed by atoms with Gasteiger partial charge in [0, 0.05) is 5.38 Å². The lowest BCUT2D eigenvalue weighted by Crippen LogP contribution is -2.07. The highest BCUT2D eigenvalue weighted by Gasteiger charge is 2.06. The standard InChI is InChI=1S/C6H11N3S/c1-2-4(7)6-9-5(8)3-10-6/h3-4H,2,7-8H2,1H3. The second-order valence-corrected chi connectivity index (χ2v) is 3.02. The molecule has 1 atom stereocenters. The molecule has 1 aromatic rings. The molecule has 4 heteroatoms. The monoisotopic (exact) mass is 157 g/mol. The molecule has 0 fully saturated rings. The first-order chi connectivity index (χ1) is 4.74. The smallest absolute Gasteiger partial charge is 0.134 e. The molecule has 0 spiro atoms. The third-order valence-corrected chi connectivity index (χ3v) is 2.29. The minimum atomic E-state index is 0.0577. The van der Waals surface area contributed by atoms with Gasteiger partial charge in [-0.05, 0) is 6.42 Å². The van der Waals surface area contributed by atoms with Crippen LogP contribution in [0.15, 0.2) is 5.38 Å². The Morgan fingerprint density at radius 3 is 2.90 bits per heavy atom. The minimum absolute atomic E-state index is 0.0577. The molecule has 0 bridgehead atoms. The summed E-state index contributed by atoms with van der Waals surface area (Å²) in [7, 11) is 0. The van der Waals surface area contributed by atoms with Crippen molar-refractivity contribution in [2.75, 3.05) is 5.73 Å². The molecule has 0 aliphatic rings. The Morgan fingerprint density at radius 1 is 1.80 bits per heavy atom. The van der Waals surface area contributed by atoms with Gasteiger partial charge in [-0.3, -0.25) is 0 Å². The van der Waals surface area contributed by atoms with Crippen LogP contribution in [0.3, 0.4) is 0 Å². The normalized spacial score (nSPS) is 13.4. The summed E-state index contributed by atoms with van der Waals surface area (Å²) < 4.78 is 0. The lowest BCUT2D eigenvalue weighted by molar-refractivity contribution is 0.693. The van der Waals surface area contributed by atoms with Crippen LogP contribution in [0, 0.1) is 0 Å². The highest BCUT2D eigenvalue weighted by molar-refractivity contribution is 7.10. The summed E-state index contributed by atoms with van der Waals surface area (Å²) in [6.07, 6.45) is 0.910. The molecule has 0 amide bonds. The second-order valence-electron chi connectivity index (χ2n) is 2.13. The van der Waals surface area contributed by atoms with Crippen molar-refractivity contribution in [3.8, 4) is 0 Å². The first-order valence-corrected chi connectivity index (χ1v) is 4.08. The predicted octanol–water partition coefficient (Wildman–Crippen LogP) is 1.14. The fourth-order valence-corrected chi connectivity index (χ4v) is 1.44. The van der Waals surface area contributed by atoms with Gasteiger partial charge in [0.1, 0.15) is 10.8 Å². The molecule has 10 heavy (non-hydrogen) atoms. The van der Waals surface area contributed by atoms with E-state index in [0.29, 0.717) is 5.82 Å². The van der Waals surface area contributed by atoms with E-state index in [1.165, 1.54) is 11.3 Å². The fraction of sp³-hybridized carbons (Fsp3) is 0.500. The third-order valence-electron chi connectivity index (χ3n) is 1.30. The number of thiazole rings is 1. The van der Waals surface area contributed by atoms with Crippen molar-refractivity contribution < 1.29 is 0 Å². The summed E-state index contributed by atoms with van der Waals surface area (Å²) in [6, 6.07) is 0.0577. The van der Waals surface area contributed by atoms with E-state index < -0.39 is 0 Å². The molecule has 4 N–H and O–H groups in total. The van der Waals surface area contributed by atoms with Crippen molar-refractivity contribution in [2.45, 2.75) is 19.4 Å². The Bertz CT molecular complexity index is 209. The largest absolute Gasteiger partial charge is 0.383 e. The maximum Gasteiger partial charge on any atom is 0.134 e. The Labute approximate surface area is 64.1 Å². The summed E-state index contributed by atoms with van der Waals surface area (Å²) in [6.45, 7) is 2.03. The predicted molar refractivity (Wildman–Crippen MR) is 43.7 cm³/mol. The summed E-state index contributed by atoms with van der Waals surface area (Å²) in [5.74, 6) is 0.573. The van der Waals surface area contributed by atoms with Crippen LogP contribution in [-0.2, 0) is 0 Å². The third kappa shape index (κ3) is 1.46. The maximum absolute atomic E-state index is 5.70. The molecule has 0 radical (unpaired) electrons. The van der Waals surface area contributed by atoms with Gasteiger partial charge in [0.2, 0.25) is 0 Å². The summed E-state index contributed by atoms with van der Waals surface area (Å²) in [5.41, 5.74) is 11.1. The SMILES string of the molecule is CCC(N)c1nc(N)cs1. The van der Waals surface area contributed by atoms with Crippen molar-refractivity contribution in [3.63, 3.8) is 0 Å². The van der Waals surface area contributed by atoms with Crippen LogP contribution in [-0.4, -0.2) is 4.98 Å². The molecule has 0 aliphatic carbocycles. The zero-order valence-electron chi connectivity index (χ0n) is 5.87. The van der Waals surface area contributed by atoms with Crippen molar-refractivity contribution in [3.05, 3.63) is 10.4 Å². The van der Waals surface area contributed by atoms with Crippen LogP contribution < -0.4 is 11.5 Å². The van der Waals surface area contributed by atoms with Gasteiger partial charge in [-0.2, -0.15) is 0 Å². The molecule has 1 rings (SSSR count). The number of nitrogens with zero attached hydrogens (tertiary/aromatic N) is 1. The Kier molecular flexibility index (Phi) is 2.24. The topological polar surface area (TPSA) is 64.9 Å². The van der Waals surface area contributed by atoms with Crippen LogP contribution in [0.4, 0.5) is 5.82 Å². The van der Waals surface area contributed by atoms with Gasteiger partial charge in [0.25, 0.3) is 0 Å². The summed E-state index contributed by atoms with van der Waals surface area (Å²) in [4.78, 5) is 4.05. The molecule has 1 aromatic heterocycles. The Morgan fingerprint density at radius 2 is 2.50 bits per heavy atom. The van der Waals surface area contributed by atoms with Crippen LogP contribution >= 0.6 is 11.3 Å². The van der Waals surface area contributed by atoms with Crippen LogP contribution in [0.25, 0.3) is 0 Å². The molecule has 1 unspecified atom stereocenters. The van der Waals surface area contributed by atoms with Crippen molar-refractivity contribution in [2.24, 2.45) is 5.73 Å². The number of rotatable bonds is 2. The minimum Gasteiger partial charge on any atom is -0.383 e. The number of hydrogen-bond acceptors (Lipinski definition) is 4. The van der Waals surface area contributed by atoms with Gasteiger partial charge in [0.15, 0.2) is 0 Å². The van der Waals surface area contributed by atoms with Gasteiger partial charge in [-0.15, -0.1) is 11.3 Å². The second kappa shape index (κ2) is 2.98. The number of aromatic nitrogens is 1. The van der Waals surface area contributed by atoms with E-state index in [4.69, 9.17) is 11.5 Å². The highest BCUT2D eigenvalue weighted by Crippen LogP contribution is 2.19. The molecule has 0 saturated carbocycles. The molecule has 1 heterocycles. The first-order valence-electron chi connectivity index (χ1n) is 3.20. The Balaban J connectivity index is 2.74. The average Bonchev–Trinajstić information content (AvgIpc) is 2.34. The van der Waals surface area contributed by atoms with E-state index in [1.54, 1.807) is 0 Å². The van der Waals surface area contributed by atoms with Gasteiger partial charge in [-0.25, -0.2) is 4.98 Å². The molecular weight excluding hydrogens is 146 g/mol. The van der Waals surface area contributed by atoms with Crippen molar-refractivity contribution >= 4 is 17.2 Å². The van der Waals surface area contributed by atoms with Gasteiger partial charge >= 0.3 is 0 Å². The first kappa shape index (κ1) is 7.50. The lowest BCUT2D eigenvalue weighted by Gasteiger charge is -2.01. The molecular formula is C6H11N3S. The number of nitrogen functional groups attached to an aromatic ring is 1. The van der Waals surface area contributed by atoms with E-state index in [2.05, 4.69) is 4.98 Å². The van der Waals surface area contributed by atoms with Crippen molar-refractivity contribution in [1.82, 2.24) is 4.98 Å². The lowest BCUT2D eigenvalue weighted by atomic mass is 10.3. The zero-order valence-corrected chi connectivity index (χ0v) is 6.69. The molecule has 56 valence electrons. The van der Waals surface area contributed by atoms with E-state index in [0.717, 1.165) is 11.4 Å². The Hall–Kier alpha value is -0.610. The highest BCUT2D eigenvalue weighted by atomic mass is 32.1.